The number of piperazine rings is 1. The molecule has 0 amide bonds. The van der Waals surface area contributed by atoms with Crippen LogP contribution in [-0.4, -0.2) is 30.1 Å². The van der Waals surface area contributed by atoms with Gasteiger partial charge in [-0.3, -0.25) is 4.90 Å². The Morgan fingerprint density at radius 1 is 1.40 bits per heavy atom. The van der Waals surface area contributed by atoms with E-state index in [0.29, 0.717) is 12.1 Å². The van der Waals surface area contributed by atoms with Crippen LogP contribution in [0.15, 0.2) is 18.2 Å². The third-order valence-corrected chi connectivity index (χ3v) is 4.90. The lowest BCUT2D eigenvalue weighted by Crippen LogP contribution is -2.56. The first-order valence-corrected chi connectivity index (χ1v) is 7.96. The van der Waals surface area contributed by atoms with Crippen molar-refractivity contribution in [1.29, 1.82) is 0 Å². The van der Waals surface area contributed by atoms with Crippen molar-refractivity contribution in [3.05, 3.63) is 34.6 Å². The van der Waals surface area contributed by atoms with E-state index < -0.39 is 0 Å². The number of nitrogens with zero attached hydrogens (tertiary/aromatic N) is 1. The fourth-order valence-electron chi connectivity index (χ4n) is 3.17. The number of nitrogens with one attached hydrogen (secondary N) is 1. The van der Waals surface area contributed by atoms with E-state index in [0.717, 1.165) is 37.5 Å². The van der Waals surface area contributed by atoms with Gasteiger partial charge in [0.2, 0.25) is 0 Å². The molecule has 1 heterocycles. The number of halogens is 2. The highest BCUT2D eigenvalue weighted by molar-refractivity contribution is 6.30. The molecule has 1 N–H and O–H groups in total. The van der Waals surface area contributed by atoms with Gasteiger partial charge in [0, 0.05) is 31.7 Å². The lowest BCUT2D eigenvalue weighted by Gasteiger charge is -2.40. The van der Waals surface area contributed by atoms with E-state index in [-0.39, 0.29) is 10.8 Å². The zero-order valence-corrected chi connectivity index (χ0v) is 12.7. The molecule has 2 unspecified atom stereocenters. The Morgan fingerprint density at radius 2 is 2.20 bits per heavy atom. The Balaban J connectivity index is 1.69. The zero-order valence-electron chi connectivity index (χ0n) is 11.9. The van der Waals surface area contributed by atoms with Crippen LogP contribution in [0, 0.1) is 11.7 Å². The van der Waals surface area contributed by atoms with Gasteiger partial charge in [-0.1, -0.05) is 24.6 Å². The minimum absolute atomic E-state index is 0.206. The lowest BCUT2D eigenvalue weighted by atomic mass is 10.0. The van der Waals surface area contributed by atoms with Crippen LogP contribution >= 0.6 is 11.6 Å². The normalized spacial score (nSPS) is 27.8. The maximum Gasteiger partial charge on any atom is 0.142 e. The van der Waals surface area contributed by atoms with Gasteiger partial charge in [-0.25, -0.2) is 4.39 Å². The molecular formula is C16H22ClFN2. The molecule has 3 rings (SSSR count). The second-order valence-corrected chi connectivity index (χ2v) is 6.50. The van der Waals surface area contributed by atoms with Crippen LogP contribution in [0.5, 0.6) is 0 Å². The molecule has 2 atom stereocenters. The van der Waals surface area contributed by atoms with Crippen LogP contribution in [0.3, 0.4) is 0 Å². The van der Waals surface area contributed by atoms with Gasteiger partial charge in [0.05, 0.1) is 5.02 Å². The van der Waals surface area contributed by atoms with Gasteiger partial charge >= 0.3 is 0 Å². The van der Waals surface area contributed by atoms with Crippen molar-refractivity contribution in [3.8, 4) is 0 Å². The summed E-state index contributed by atoms with van der Waals surface area (Å²) < 4.78 is 13.6. The van der Waals surface area contributed by atoms with E-state index in [2.05, 4.69) is 17.1 Å². The zero-order chi connectivity index (χ0) is 14.1. The molecule has 0 radical (unpaired) electrons. The van der Waals surface area contributed by atoms with Gasteiger partial charge in [0.1, 0.15) is 5.82 Å². The summed E-state index contributed by atoms with van der Waals surface area (Å²) in [5, 5.41) is 3.89. The van der Waals surface area contributed by atoms with Crippen molar-refractivity contribution in [2.75, 3.05) is 13.1 Å². The Labute approximate surface area is 125 Å². The molecule has 20 heavy (non-hydrogen) atoms. The summed E-state index contributed by atoms with van der Waals surface area (Å²) in [5.74, 6) is 0.545. The molecule has 0 spiro atoms. The molecule has 0 bridgehead atoms. The molecule has 1 aromatic carbocycles. The Bertz CT molecular complexity index is 476. The van der Waals surface area contributed by atoms with Crippen molar-refractivity contribution in [2.24, 2.45) is 5.92 Å². The number of hydrogen-bond donors (Lipinski definition) is 1. The topological polar surface area (TPSA) is 15.3 Å². The van der Waals surface area contributed by atoms with Crippen LogP contribution in [0.2, 0.25) is 5.02 Å². The van der Waals surface area contributed by atoms with Crippen LogP contribution in [0.1, 0.15) is 31.7 Å². The quantitative estimate of drug-likeness (QED) is 0.915. The largest absolute Gasteiger partial charge is 0.311 e. The molecule has 110 valence electrons. The third kappa shape index (κ3) is 3.16. The van der Waals surface area contributed by atoms with Crippen LogP contribution < -0.4 is 5.32 Å². The average Bonchev–Trinajstić information content (AvgIpc) is 3.27. The molecule has 1 saturated heterocycles. The predicted octanol–water partition coefficient (Wildman–Crippen LogP) is 3.44. The van der Waals surface area contributed by atoms with Crippen molar-refractivity contribution >= 4 is 11.6 Å². The van der Waals surface area contributed by atoms with Crippen molar-refractivity contribution < 1.29 is 4.39 Å². The molecule has 1 aliphatic heterocycles. The van der Waals surface area contributed by atoms with Gasteiger partial charge in [-0.15, -0.1) is 0 Å². The Hall–Kier alpha value is -0.640. The number of benzene rings is 1. The summed E-state index contributed by atoms with van der Waals surface area (Å²) >= 11 is 5.75. The second-order valence-electron chi connectivity index (χ2n) is 6.09. The highest BCUT2D eigenvalue weighted by atomic mass is 35.5. The monoisotopic (exact) mass is 296 g/mol. The van der Waals surface area contributed by atoms with Gasteiger partial charge in [-0.2, -0.15) is 0 Å². The van der Waals surface area contributed by atoms with Crippen LogP contribution in [0.25, 0.3) is 0 Å². The van der Waals surface area contributed by atoms with E-state index in [4.69, 9.17) is 11.6 Å². The van der Waals surface area contributed by atoms with E-state index in [1.54, 1.807) is 12.1 Å². The maximum absolute atomic E-state index is 13.6. The highest BCUT2D eigenvalue weighted by Gasteiger charge is 2.36. The first kappa shape index (κ1) is 14.3. The van der Waals surface area contributed by atoms with Crippen molar-refractivity contribution in [3.63, 3.8) is 0 Å². The van der Waals surface area contributed by atoms with Gasteiger partial charge < -0.3 is 5.32 Å². The number of hydrogen-bond acceptors (Lipinski definition) is 2. The summed E-state index contributed by atoms with van der Waals surface area (Å²) in [6.07, 6.45) is 3.84. The molecule has 1 aliphatic carbocycles. The minimum atomic E-state index is -0.314. The van der Waals surface area contributed by atoms with E-state index in [9.17, 15) is 4.39 Å². The molecule has 0 aromatic heterocycles. The van der Waals surface area contributed by atoms with Crippen molar-refractivity contribution in [1.82, 2.24) is 10.2 Å². The summed E-state index contributed by atoms with van der Waals surface area (Å²) in [7, 11) is 0. The fourth-order valence-corrected chi connectivity index (χ4v) is 3.28. The summed E-state index contributed by atoms with van der Waals surface area (Å²) in [6, 6.07) is 6.34. The van der Waals surface area contributed by atoms with E-state index in [1.807, 2.05) is 6.07 Å². The summed E-state index contributed by atoms with van der Waals surface area (Å²) in [4.78, 5) is 2.50. The fraction of sp³-hybridized carbons (Fsp3) is 0.625. The molecule has 1 aromatic rings. The summed E-state index contributed by atoms with van der Waals surface area (Å²) in [5.41, 5.74) is 1.02. The smallest absolute Gasteiger partial charge is 0.142 e. The SMILES string of the molecule is CCC1CNC(C2CC2)CN1Cc1ccc(Cl)c(F)c1. The number of rotatable bonds is 4. The highest BCUT2D eigenvalue weighted by Crippen LogP contribution is 2.34. The van der Waals surface area contributed by atoms with Crippen molar-refractivity contribution in [2.45, 2.75) is 44.8 Å². The first-order chi connectivity index (χ1) is 9.67. The van der Waals surface area contributed by atoms with Gasteiger partial charge in [0.25, 0.3) is 0 Å². The minimum Gasteiger partial charge on any atom is -0.311 e. The maximum atomic E-state index is 13.6. The predicted molar refractivity (Wildman–Crippen MR) is 80.4 cm³/mol. The van der Waals surface area contributed by atoms with E-state index >= 15 is 0 Å². The standard InChI is InChI=1S/C16H22ClFN2/c1-2-13-8-19-16(12-4-5-12)10-20(13)9-11-3-6-14(17)15(18)7-11/h3,6-7,12-13,16,19H,2,4-5,8-10H2,1H3. The lowest BCUT2D eigenvalue weighted by molar-refractivity contribution is 0.111. The molecule has 1 saturated carbocycles. The summed E-state index contributed by atoms with van der Waals surface area (Å²) in [6.45, 7) is 5.16. The second kappa shape index (κ2) is 6.00. The average molecular weight is 297 g/mol. The molecule has 2 fully saturated rings. The third-order valence-electron chi connectivity index (χ3n) is 4.60. The molecular weight excluding hydrogens is 275 g/mol. The van der Waals surface area contributed by atoms with Crippen LogP contribution in [-0.2, 0) is 6.54 Å². The molecule has 2 nitrogen and oxygen atoms in total. The van der Waals surface area contributed by atoms with Crippen LogP contribution in [0.4, 0.5) is 4.39 Å². The first-order valence-electron chi connectivity index (χ1n) is 7.58. The van der Waals surface area contributed by atoms with Gasteiger partial charge in [0.15, 0.2) is 0 Å². The Kier molecular flexibility index (Phi) is 4.29. The van der Waals surface area contributed by atoms with Gasteiger partial charge in [-0.05, 0) is 42.9 Å². The molecule has 2 aliphatic rings. The van der Waals surface area contributed by atoms with E-state index in [1.165, 1.54) is 12.8 Å². The molecule has 4 heteroatoms. The Morgan fingerprint density at radius 3 is 2.85 bits per heavy atom.